The zero-order valence-electron chi connectivity index (χ0n) is 21.9. The van der Waals surface area contributed by atoms with Crippen LogP contribution >= 0.6 is 0 Å². The highest BCUT2D eigenvalue weighted by Crippen LogP contribution is 2.46. The third kappa shape index (κ3) is 5.66. The molecule has 1 aliphatic carbocycles. The van der Waals surface area contributed by atoms with Crippen LogP contribution in [0.1, 0.15) is 36.5 Å². The molecule has 1 heterocycles. The van der Waals surface area contributed by atoms with E-state index in [9.17, 15) is 9.59 Å². The van der Waals surface area contributed by atoms with Crippen molar-refractivity contribution in [1.82, 2.24) is 10.2 Å². The van der Waals surface area contributed by atoms with E-state index in [2.05, 4.69) is 34.5 Å². The number of fused-ring (bicyclic) bond motifs is 1. The lowest BCUT2D eigenvalue weighted by atomic mass is 9.86. The molecule has 2 fully saturated rings. The molecule has 2 unspecified atom stereocenters. The molecule has 0 spiro atoms. The standard InChI is InChI=1S/C32H36N2O4/c1-2-19-38-32(25-14-8-4-9-15-25,26-16-10-5-11-17-26)31(36)37-20-18-29(35)33-30-27-22-34(23-28(27)30)21-24-12-6-3-7-13-24/h3-17,27-28,30H,2,18-23H2,1H3,(H,33,35). The maximum Gasteiger partial charge on any atom is 0.347 e. The third-order valence-corrected chi connectivity index (χ3v) is 7.58. The van der Waals surface area contributed by atoms with Gasteiger partial charge >= 0.3 is 5.97 Å². The number of esters is 1. The number of amides is 1. The molecular formula is C32H36N2O4. The number of rotatable bonds is 12. The number of hydrogen-bond donors (Lipinski definition) is 1. The van der Waals surface area contributed by atoms with Crippen molar-refractivity contribution in [2.24, 2.45) is 11.8 Å². The topological polar surface area (TPSA) is 67.9 Å². The van der Waals surface area contributed by atoms with E-state index in [1.807, 2.05) is 73.7 Å². The summed E-state index contributed by atoms with van der Waals surface area (Å²) in [6.45, 7) is 5.37. The van der Waals surface area contributed by atoms with Gasteiger partial charge in [0, 0.05) is 32.3 Å². The molecule has 1 saturated heterocycles. The van der Waals surface area contributed by atoms with E-state index >= 15 is 0 Å². The Morgan fingerprint density at radius 3 is 1.95 bits per heavy atom. The van der Waals surface area contributed by atoms with E-state index in [4.69, 9.17) is 9.47 Å². The van der Waals surface area contributed by atoms with Gasteiger partial charge in [-0.3, -0.25) is 9.69 Å². The number of likely N-dealkylation sites (tertiary alicyclic amines) is 1. The quantitative estimate of drug-likeness (QED) is 0.361. The van der Waals surface area contributed by atoms with Crippen molar-refractivity contribution in [1.29, 1.82) is 0 Å². The van der Waals surface area contributed by atoms with E-state index in [0.29, 0.717) is 29.6 Å². The third-order valence-electron chi connectivity index (χ3n) is 7.58. The van der Waals surface area contributed by atoms with Crippen LogP contribution in [0.4, 0.5) is 0 Å². The van der Waals surface area contributed by atoms with Crippen molar-refractivity contribution in [2.45, 2.75) is 38.0 Å². The van der Waals surface area contributed by atoms with Gasteiger partial charge in [-0.05, 0) is 34.9 Å². The van der Waals surface area contributed by atoms with Crippen LogP contribution in [-0.4, -0.2) is 49.1 Å². The molecule has 3 aromatic rings. The predicted molar refractivity (Wildman–Crippen MR) is 146 cm³/mol. The number of carbonyl (C=O) groups excluding carboxylic acids is 2. The SMILES string of the molecule is CCCOC(C(=O)OCCC(=O)NC1C2CN(Cc3ccccc3)CC21)(c1ccccc1)c1ccccc1. The molecule has 5 rings (SSSR count). The van der Waals surface area contributed by atoms with Crippen LogP contribution in [0, 0.1) is 11.8 Å². The molecule has 1 aliphatic heterocycles. The Kier molecular flexibility index (Phi) is 8.20. The second-order valence-corrected chi connectivity index (χ2v) is 10.2. The number of piperidine rings is 1. The van der Waals surface area contributed by atoms with E-state index < -0.39 is 11.6 Å². The summed E-state index contributed by atoms with van der Waals surface area (Å²) >= 11 is 0. The molecule has 198 valence electrons. The lowest BCUT2D eigenvalue weighted by Gasteiger charge is -2.32. The van der Waals surface area contributed by atoms with Gasteiger partial charge in [0.2, 0.25) is 11.5 Å². The van der Waals surface area contributed by atoms with Gasteiger partial charge in [0.15, 0.2) is 0 Å². The summed E-state index contributed by atoms with van der Waals surface area (Å²) in [5.41, 5.74) is 1.35. The van der Waals surface area contributed by atoms with Gasteiger partial charge < -0.3 is 14.8 Å². The molecule has 3 aromatic carbocycles. The highest BCUT2D eigenvalue weighted by molar-refractivity contribution is 5.86. The molecule has 2 atom stereocenters. The summed E-state index contributed by atoms with van der Waals surface area (Å²) in [5, 5.41) is 3.16. The van der Waals surface area contributed by atoms with Crippen LogP contribution in [0.2, 0.25) is 0 Å². The molecular weight excluding hydrogens is 476 g/mol. The van der Waals surface area contributed by atoms with Crippen molar-refractivity contribution in [3.63, 3.8) is 0 Å². The number of nitrogens with one attached hydrogen (secondary N) is 1. The van der Waals surface area contributed by atoms with E-state index in [1.54, 1.807) is 0 Å². The Labute approximate surface area is 225 Å². The van der Waals surface area contributed by atoms with Gasteiger partial charge in [-0.2, -0.15) is 0 Å². The molecule has 0 bridgehead atoms. The fourth-order valence-corrected chi connectivity index (χ4v) is 5.62. The second-order valence-electron chi connectivity index (χ2n) is 10.2. The molecule has 1 amide bonds. The predicted octanol–water partition coefficient (Wildman–Crippen LogP) is 4.54. The number of nitrogens with zero attached hydrogens (tertiary/aromatic N) is 1. The van der Waals surface area contributed by atoms with Crippen LogP contribution in [-0.2, 0) is 31.2 Å². The zero-order valence-corrected chi connectivity index (χ0v) is 21.9. The first-order valence-corrected chi connectivity index (χ1v) is 13.6. The Bertz CT molecular complexity index is 1150. The van der Waals surface area contributed by atoms with Crippen LogP contribution in [0.25, 0.3) is 0 Å². The Balaban J connectivity index is 1.15. The Morgan fingerprint density at radius 2 is 1.39 bits per heavy atom. The molecule has 38 heavy (non-hydrogen) atoms. The van der Waals surface area contributed by atoms with E-state index in [0.717, 1.165) is 26.1 Å². The summed E-state index contributed by atoms with van der Waals surface area (Å²) in [6.07, 6.45) is 0.881. The highest BCUT2D eigenvalue weighted by Gasteiger charge is 2.56. The summed E-state index contributed by atoms with van der Waals surface area (Å²) < 4.78 is 12.0. The normalized spacial score (nSPS) is 20.5. The first-order chi connectivity index (χ1) is 18.6. The van der Waals surface area contributed by atoms with Gasteiger partial charge in [-0.1, -0.05) is 97.9 Å². The fraction of sp³-hybridized carbons (Fsp3) is 0.375. The summed E-state index contributed by atoms with van der Waals surface area (Å²) in [6, 6.07) is 29.6. The van der Waals surface area contributed by atoms with Gasteiger partial charge in [0.1, 0.15) is 6.61 Å². The average Bonchev–Trinajstić information content (AvgIpc) is 3.38. The van der Waals surface area contributed by atoms with Crippen molar-refractivity contribution in [3.8, 4) is 0 Å². The van der Waals surface area contributed by atoms with Crippen molar-refractivity contribution in [2.75, 3.05) is 26.3 Å². The first-order valence-electron chi connectivity index (χ1n) is 13.6. The van der Waals surface area contributed by atoms with Crippen molar-refractivity contribution < 1.29 is 19.1 Å². The minimum Gasteiger partial charge on any atom is -0.462 e. The lowest BCUT2D eigenvalue weighted by Crippen LogP contribution is -2.42. The minimum atomic E-state index is -1.38. The minimum absolute atomic E-state index is 0.00372. The maximum absolute atomic E-state index is 13.6. The second kappa shape index (κ2) is 11.9. The smallest absolute Gasteiger partial charge is 0.347 e. The summed E-state index contributed by atoms with van der Waals surface area (Å²) in [5.74, 6) is 0.440. The van der Waals surface area contributed by atoms with Crippen LogP contribution < -0.4 is 5.32 Å². The Hall–Kier alpha value is -3.48. The van der Waals surface area contributed by atoms with Gasteiger partial charge in [-0.25, -0.2) is 4.79 Å². The van der Waals surface area contributed by atoms with Gasteiger partial charge in [0.05, 0.1) is 6.42 Å². The number of ether oxygens (including phenoxy) is 2. The van der Waals surface area contributed by atoms with E-state index in [1.165, 1.54) is 5.56 Å². The first kappa shape index (κ1) is 26.1. The molecule has 6 heteroatoms. The highest BCUT2D eigenvalue weighted by atomic mass is 16.6. The van der Waals surface area contributed by atoms with Gasteiger partial charge in [-0.15, -0.1) is 0 Å². The fourth-order valence-electron chi connectivity index (χ4n) is 5.62. The Morgan fingerprint density at radius 1 is 0.842 bits per heavy atom. The monoisotopic (exact) mass is 512 g/mol. The number of carbonyl (C=O) groups is 2. The lowest BCUT2D eigenvalue weighted by molar-refractivity contribution is -0.169. The molecule has 1 saturated carbocycles. The van der Waals surface area contributed by atoms with Crippen LogP contribution in [0.5, 0.6) is 0 Å². The molecule has 0 radical (unpaired) electrons. The number of benzene rings is 3. The molecule has 6 nitrogen and oxygen atoms in total. The molecule has 2 aliphatic rings. The average molecular weight is 513 g/mol. The maximum atomic E-state index is 13.6. The summed E-state index contributed by atoms with van der Waals surface area (Å²) in [4.78, 5) is 28.8. The van der Waals surface area contributed by atoms with E-state index in [-0.39, 0.29) is 25.0 Å². The zero-order chi connectivity index (χ0) is 26.4. The largest absolute Gasteiger partial charge is 0.462 e. The number of hydrogen-bond acceptors (Lipinski definition) is 5. The molecule has 0 aromatic heterocycles. The van der Waals surface area contributed by atoms with Gasteiger partial charge in [0.25, 0.3) is 0 Å². The van der Waals surface area contributed by atoms with Crippen molar-refractivity contribution >= 4 is 11.9 Å². The van der Waals surface area contributed by atoms with Crippen LogP contribution in [0.3, 0.4) is 0 Å². The van der Waals surface area contributed by atoms with Crippen molar-refractivity contribution in [3.05, 3.63) is 108 Å². The summed E-state index contributed by atoms with van der Waals surface area (Å²) in [7, 11) is 0. The van der Waals surface area contributed by atoms with Crippen LogP contribution in [0.15, 0.2) is 91.0 Å². The molecule has 1 N–H and O–H groups in total.